The molecule has 1 aliphatic heterocycles. The summed E-state index contributed by atoms with van der Waals surface area (Å²) in [6.45, 7) is 5.88. The Morgan fingerprint density at radius 2 is 2.20 bits per heavy atom. The van der Waals surface area contributed by atoms with E-state index in [9.17, 15) is 0 Å². The molecule has 3 nitrogen and oxygen atoms in total. The van der Waals surface area contributed by atoms with Gasteiger partial charge in [0.25, 0.3) is 0 Å². The van der Waals surface area contributed by atoms with Crippen LogP contribution in [0.1, 0.15) is 20.8 Å². The van der Waals surface area contributed by atoms with E-state index in [4.69, 9.17) is 14.6 Å². The minimum absolute atomic E-state index is 0.157. The first-order valence-electron chi connectivity index (χ1n) is 3.51. The summed E-state index contributed by atoms with van der Waals surface area (Å²) in [7, 11) is 0. The number of hydrogen-bond donors (Lipinski definition) is 1. The topological polar surface area (TPSA) is 38.7 Å². The maximum Gasteiger partial charge on any atom is 0.163 e. The van der Waals surface area contributed by atoms with Gasteiger partial charge in [0.2, 0.25) is 0 Å². The van der Waals surface area contributed by atoms with Crippen LogP contribution in [0, 0.1) is 0 Å². The van der Waals surface area contributed by atoms with Crippen LogP contribution in [-0.2, 0) is 9.47 Å². The molecule has 0 radical (unpaired) electrons. The normalized spacial score (nSPS) is 34.2. The fraction of sp³-hybridized carbons (Fsp3) is 1.00. The Hall–Kier alpha value is -0.120. The Kier molecular flexibility index (Phi) is 1.99. The molecular weight excluding hydrogens is 133 g/mol. The van der Waals surface area contributed by atoms with Gasteiger partial charge < -0.3 is 14.6 Å². The van der Waals surface area contributed by atoms with Crippen LogP contribution in [0.3, 0.4) is 0 Å². The van der Waals surface area contributed by atoms with Crippen LogP contribution in [0.25, 0.3) is 0 Å². The van der Waals surface area contributed by atoms with Gasteiger partial charge in [0.15, 0.2) is 5.79 Å². The monoisotopic (exact) mass is 147 g/mol. The lowest BCUT2D eigenvalue weighted by molar-refractivity contribution is -0.149. The summed E-state index contributed by atoms with van der Waals surface area (Å²) in [6, 6.07) is 0. The molecule has 1 fully saturated rings. The number of hydrogen-bond acceptors (Lipinski definition) is 3. The van der Waals surface area contributed by atoms with Gasteiger partial charge in [-0.05, 0) is 20.8 Å². The SMILES string of the molecule is CC1(C)OC[C@H](C([13CH3])O)O1. The molecule has 0 bridgehead atoms. The van der Waals surface area contributed by atoms with Gasteiger partial charge >= 0.3 is 0 Å². The summed E-state index contributed by atoms with van der Waals surface area (Å²) in [5.41, 5.74) is 0. The zero-order chi connectivity index (χ0) is 7.78. The van der Waals surface area contributed by atoms with Gasteiger partial charge in [-0.3, -0.25) is 0 Å². The summed E-state index contributed by atoms with van der Waals surface area (Å²) in [5.74, 6) is -0.512. The molecular formula is C7H14O3. The van der Waals surface area contributed by atoms with Gasteiger partial charge in [-0.1, -0.05) is 0 Å². The van der Waals surface area contributed by atoms with Crippen molar-refractivity contribution >= 4 is 0 Å². The van der Waals surface area contributed by atoms with Crippen LogP contribution in [-0.4, -0.2) is 29.7 Å². The largest absolute Gasteiger partial charge is 0.391 e. The molecule has 3 heteroatoms. The molecule has 1 unspecified atom stereocenters. The van der Waals surface area contributed by atoms with Crippen LogP contribution in [0.2, 0.25) is 0 Å². The molecule has 0 aromatic rings. The van der Waals surface area contributed by atoms with E-state index in [0.717, 1.165) is 0 Å². The van der Waals surface area contributed by atoms with E-state index >= 15 is 0 Å². The average Bonchev–Trinajstić information content (AvgIpc) is 2.10. The molecule has 0 aromatic heterocycles. The molecule has 10 heavy (non-hydrogen) atoms. The van der Waals surface area contributed by atoms with E-state index < -0.39 is 11.9 Å². The Bertz CT molecular complexity index is 120. The van der Waals surface area contributed by atoms with Crippen molar-refractivity contribution in [2.75, 3.05) is 6.61 Å². The molecule has 2 atom stereocenters. The van der Waals surface area contributed by atoms with Gasteiger partial charge in [-0.15, -0.1) is 0 Å². The van der Waals surface area contributed by atoms with Crippen LogP contribution in [0.5, 0.6) is 0 Å². The second-order valence-corrected chi connectivity index (χ2v) is 3.11. The fourth-order valence-electron chi connectivity index (χ4n) is 0.953. The lowest BCUT2D eigenvalue weighted by Gasteiger charge is -2.17. The van der Waals surface area contributed by atoms with Crippen molar-refractivity contribution < 1.29 is 14.6 Å². The van der Waals surface area contributed by atoms with Gasteiger partial charge in [0.1, 0.15) is 6.10 Å². The molecule has 1 saturated heterocycles. The van der Waals surface area contributed by atoms with Gasteiger partial charge in [0.05, 0.1) is 12.7 Å². The molecule has 60 valence electrons. The minimum Gasteiger partial charge on any atom is -0.391 e. The highest BCUT2D eigenvalue weighted by molar-refractivity contribution is 4.74. The van der Waals surface area contributed by atoms with E-state index in [-0.39, 0.29) is 6.10 Å². The summed E-state index contributed by atoms with van der Waals surface area (Å²) in [6.07, 6.45) is -0.600. The summed E-state index contributed by atoms with van der Waals surface area (Å²) < 4.78 is 10.6. The van der Waals surface area contributed by atoms with E-state index in [2.05, 4.69) is 0 Å². The minimum atomic E-state index is -0.512. The van der Waals surface area contributed by atoms with Crippen molar-refractivity contribution in [1.29, 1.82) is 0 Å². The molecule has 1 heterocycles. The smallest absolute Gasteiger partial charge is 0.163 e. The maximum absolute atomic E-state index is 9.08. The Balaban J connectivity index is 2.43. The molecule has 1 rings (SSSR count). The Labute approximate surface area is 60.9 Å². The summed E-state index contributed by atoms with van der Waals surface area (Å²) in [5, 5.41) is 9.08. The van der Waals surface area contributed by atoms with Crippen molar-refractivity contribution in [3.8, 4) is 0 Å². The number of rotatable bonds is 1. The lowest BCUT2D eigenvalue weighted by Crippen LogP contribution is -2.28. The van der Waals surface area contributed by atoms with Crippen LogP contribution in [0.15, 0.2) is 0 Å². The highest BCUT2D eigenvalue weighted by Crippen LogP contribution is 2.23. The predicted molar refractivity (Wildman–Crippen MR) is 36.6 cm³/mol. The maximum atomic E-state index is 9.08. The Morgan fingerprint density at radius 3 is 2.40 bits per heavy atom. The van der Waals surface area contributed by atoms with Crippen molar-refractivity contribution in [2.24, 2.45) is 0 Å². The summed E-state index contributed by atoms with van der Waals surface area (Å²) in [4.78, 5) is 0. The Morgan fingerprint density at radius 1 is 1.60 bits per heavy atom. The highest BCUT2D eigenvalue weighted by atomic mass is 16.7. The van der Waals surface area contributed by atoms with E-state index in [0.29, 0.717) is 6.61 Å². The van der Waals surface area contributed by atoms with Gasteiger partial charge in [0, 0.05) is 0 Å². The van der Waals surface area contributed by atoms with Crippen LogP contribution >= 0.6 is 0 Å². The zero-order valence-electron chi connectivity index (χ0n) is 6.63. The first-order valence-corrected chi connectivity index (χ1v) is 3.51. The molecule has 1 N–H and O–H groups in total. The van der Waals surface area contributed by atoms with Crippen molar-refractivity contribution in [2.45, 2.75) is 38.8 Å². The number of ether oxygens (including phenoxy) is 2. The number of aliphatic hydroxyl groups excluding tert-OH is 1. The molecule has 0 aromatic carbocycles. The van der Waals surface area contributed by atoms with Crippen molar-refractivity contribution in [3.05, 3.63) is 0 Å². The molecule has 0 spiro atoms. The van der Waals surface area contributed by atoms with E-state index in [1.165, 1.54) is 0 Å². The standard InChI is InChI=1S/C7H14O3/c1-5(8)6-4-9-7(2,3)10-6/h5-6,8H,4H2,1-3H3/t5?,6-/m1/s1/i1+1. The van der Waals surface area contributed by atoms with Gasteiger partial charge in [-0.25, -0.2) is 0 Å². The van der Waals surface area contributed by atoms with Crippen molar-refractivity contribution in [3.63, 3.8) is 0 Å². The van der Waals surface area contributed by atoms with Crippen LogP contribution < -0.4 is 0 Å². The highest BCUT2D eigenvalue weighted by Gasteiger charge is 2.34. The van der Waals surface area contributed by atoms with E-state index in [1.54, 1.807) is 6.92 Å². The van der Waals surface area contributed by atoms with Gasteiger partial charge in [-0.2, -0.15) is 0 Å². The first kappa shape index (κ1) is 7.98. The second-order valence-electron chi connectivity index (χ2n) is 3.11. The molecule has 0 amide bonds. The second kappa shape index (κ2) is 2.49. The third kappa shape index (κ3) is 1.68. The fourth-order valence-corrected chi connectivity index (χ4v) is 0.953. The quantitative estimate of drug-likeness (QED) is 0.549. The lowest BCUT2D eigenvalue weighted by atomic mass is 10.3. The molecule has 0 saturated carbocycles. The zero-order valence-corrected chi connectivity index (χ0v) is 6.63. The third-order valence-electron chi connectivity index (χ3n) is 1.57. The van der Waals surface area contributed by atoms with E-state index in [1.807, 2.05) is 13.8 Å². The first-order chi connectivity index (χ1) is 4.51. The van der Waals surface area contributed by atoms with Crippen LogP contribution in [0.4, 0.5) is 0 Å². The number of aliphatic hydroxyl groups is 1. The summed E-state index contributed by atoms with van der Waals surface area (Å²) >= 11 is 0. The molecule has 1 aliphatic rings. The molecule has 0 aliphatic carbocycles. The predicted octanol–water partition coefficient (Wildman–Crippen LogP) is 0.519. The van der Waals surface area contributed by atoms with Crippen molar-refractivity contribution in [1.82, 2.24) is 0 Å². The average molecular weight is 147 g/mol. The third-order valence-corrected chi connectivity index (χ3v) is 1.57.